The highest BCUT2D eigenvalue weighted by molar-refractivity contribution is 6.00. The van der Waals surface area contributed by atoms with Crippen LogP contribution in [0.2, 0.25) is 0 Å². The second kappa shape index (κ2) is 7.25. The van der Waals surface area contributed by atoms with Gasteiger partial charge in [0.1, 0.15) is 0 Å². The number of aryl methyl sites for hydroxylation is 1. The summed E-state index contributed by atoms with van der Waals surface area (Å²) in [6.07, 6.45) is 0.446. The standard InChI is InChI=1S/C19H21N3O3/c1-13-5-3-4-6-17(13)21-18(23)20-16-8-7-14-9-10-22(19(24)25-2)12-15(14)11-16/h3-8,11H,9-10,12H2,1-2H3,(H2,20,21,23). The van der Waals surface area contributed by atoms with Gasteiger partial charge in [-0.05, 0) is 48.2 Å². The van der Waals surface area contributed by atoms with E-state index < -0.39 is 0 Å². The molecule has 25 heavy (non-hydrogen) atoms. The number of urea groups is 1. The van der Waals surface area contributed by atoms with Crippen molar-refractivity contribution in [3.63, 3.8) is 0 Å². The number of methoxy groups -OCH3 is 1. The number of ether oxygens (including phenoxy) is 1. The third kappa shape index (κ3) is 3.91. The van der Waals surface area contributed by atoms with Gasteiger partial charge in [0.2, 0.25) is 0 Å². The van der Waals surface area contributed by atoms with E-state index in [4.69, 9.17) is 4.74 Å². The monoisotopic (exact) mass is 339 g/mol. The fourth-order valence-electron chi connectivity index (χ4n) is 2.92. The molecule has 0 saturated heterocycles. The lowest BCUT2D eigenvalue weighted by Gasteiger charge is -2.28. The molecule has 6 nitrogen and oxygen atoms in total. The van der Waals surface area contributed by atoms with Gasteiger partial charge in [-0.1, -0.05) is 24.3 Å². The maximum Gasteiger partial charge on any atom is 0.409 e. The number of hydrogen-bond acceptors (Lipinski definition) is 3. The van der Waals surface area contributed by atoms with Crippen LogP contribution in [0.3, 0.4) is 0 Å². The first-order chi connectivity index (χ1) is 12.1. The molecular weight excluding hydrogens is 318 g/mol. The Kier molecular flexibility index (Phi) is 4.88. The highest BCUT2D eigenvalue weighted by atomic mass is 16.5. The number of nitrogens with one attached hydrogen (secondary N) is 2. The van der Waals surface area contributed by atoms with Crippen molar-refractivity contribution >= 4 is 23.5 Å². The van der Waals surface area contributed by atoms with Gasteiger partial charge in [-0.2, -0.15) is 0 Å². The minimum atomic E-state index is -0.332. The third-order valence-corrected chi connectivity index (χ3v) is 4.30. The van der Waals surface area contributed by atoms with Crippen LogP contribution < -0.4 is 10.6 Å². The maximum atomic E-state index is 12.2. The quantitative estimate of drug-likeness (QED) is 0.875. The fraction of sp³-hybridized carbons (Fsp3) is 0.263. The largest absolute Gasteiger partial charge is 0.453 e. The number of nitrogens with zero attached hydrogens (tertiary/aromatic N) is 1. The van der Waals surface area contributed by atoms with Crippen LogP contribution in [0.25, 0.3) is 0 Å². The van der Waals surface area contributed by atoms with E-state index in [0.717, 1.165) is 23.2 Å². The molecule has 0 aromatic heterocycles. The van der Waals surface area contributed by atoms with E-state index in [-0.39, 0.29) is 12.1 Å². The topological polar surface area (TPSA) is 70.7 Å². The molecule has 0 radical (unpaired) electrons. The number of benzene rings is 2. The molecular formula is C19H21N3O3. The van der Waals surface area contributed by atoms with Gasteiger partial charge >= 0.3 is 12.1 Å². The molecule has 0 spiro atoms. The molecule has 130 valence electrons. The van der Waals surface area contributed by atoms with Crippen molar-refractivity contribution in [2.75, 3.05) is 24.3 Å². The zero-order chi connectivity index (χ0) is 17.8. The Labute approximate surface area is 146 Å². The van der Waals surface area contributed by atoms with Gasteiger partial charge in [0, 0.05) is 24.5 Å². The second-order valence-corrected chi connectivity index (χ2v) is 6.02. The van der Waals surface area contributed by atoms with E-state index in [1.807, 2.05) is 49.4 Å². The number of rotatable bonds is 2. The van der Waals surface area contributed by atoms with Crippen LogP contribution in [0, 0.1) is 6.92 Å². The molecule has 3 amide bonds. The molecule has 2 aromatic rings. The average molecular weight is 339 g/mol. The zero-order valence-electron chi connectivity index (χ0n) is 14.3. The maximum absolute atomic E-state index is 12.2. The van der Waals surface area contributed by atoms with Gasteiger partial charge in [-0.15, -0.1) is 0 Å². The number of carbonyl (C=O) groups is 2. The van der Waals surface area contributed by atoms with Crippen molar-refractivity contribution < 1.29 is 14.3 Å². The number of carbonyl (C=O) groups excluding carboxylic acids is 2. The average Bonchev–Trinajstić information content (AvgIpc) is 2.62. The van der Waals surface area contributed by atoms with Crippen LogP contribution in [-0.2, 0) is 17.7 Å². The fourth-order valence-corrected chi connectivity index (χ4v) is 2.92. The van der Waals surface area contributed by atoms with Crippen molar-refractivity contribution in [3.05, 3.63) is 59.2 Å². The first-order valence-corrected chi connectivity index (χ1v) is 8.15. The van der Waals surface area contributed by atoms with E-state index in [2.05, 4.69) is 10.6 Å². The summed E-state index contributed by atoms with van der Waals surface area (Å²) < 4.78 is 4.78. The molecule has 0 atom stereocenters. The van der Waals surface area contributed by atoms with Gasteiger partial charge in [0.05, 0.1) is 7.11 Å². The van der Waals surface area contributed by atoms with Crippen molar-refractivity contribution in [1.29, 1.82) is 0 Å². The number of para-hydroxylation sites is 1. The molecule has 0 unspecified atom stereocenters. The van der Waals surface area contributed by atoms with Crippen LogP contribution in [0.15, 0.2) is 42.5 Å². The molecule has 3 rings (SSSR count). The lowest BCUT2D eigenvalue weighted by molar-refractivity contribution is 0.118. The van der Waals surface area contributed by atoms with Crippen molar-refractivity contribution in [1.82, 2.24) is 4.90 Å². The highest BCUT2D eigenvalue weighted by Gasteiger charge is 2.21. The molecule has 0 fully saturated rings. The van der Waals surface area contributed by atoms with Gasteiger partial charge in [-0.25, -0.2) is 9.59 Å². The first kappa shape index (κ1) is 16.8. The summed E-state index contributed by atoms with van der Waals surface area (Å²) in [4.78, 5) is 25.6. The van der Waals surface area contributed by atoms with Crippen LogP contribution in [0.4, 0.5) is 21.0 Å². The Morgan fingerprint density at radius 2 is 1.88 bits per heavy atom. The van der Waals surface area contributed by atoms with E-state index in [0.29, 0.717) is 18.8 Å². The summed E-state index contributed by atoms with van der Waals surface area (Å²) in [5.41, 5.74) is 4.67. The summed E-state index contributed by atoms with van der Waals surface area (Å²) in [5, 5.41) is 5.68. The van der Waals surface area contributed by atoms with Gasteiger partial charge in [0.25, 0.3) is 0 Å². The smallest absolute Gasteiger partial charge is 0.409 e. The normalized spacial score (nSPS) is 13.0. The number of anilines is 2. The lowest BCUT2D eigenvalue weighted by atomic mass is 9.99. The Morgan fingerprint density at radius 1 is 1.08 bits per heavy atom. The van der Waals surface area contributed by atoms with Crippen molar-refractivity contribution in [2.24, 2.45) is 0 Å². The van der Waals surface area contributed by atoms with Gasteiger partial charge < -0.3 is 20.3 Å². The predicted molar refractivity (Wildman–Crippen MR) is 96.8 cm³/mol. The third-order valence-electron chi connectivity index (χ3n) is 4.30. The van der Waals surface area contributed by atoms with Crippen LogP contribution in [0.5, 0.6) is 0 Å². The molecule has 2 N–H and O–H groups in total. The Bertz CT molecular complexity index is 804. The molecule has 6 heteroatoms. The van der Waals surface area contributed by atoms with Crippen molar-refractivity contribution in [2.45, 2.75) is 19.9 Å². The Balaban J connectivity index is 1.69. The Hall–Kier alpha value is -3.02. The SMILES string of the molecule is COC(=O)N1CCc2ccc(NC(=O)Nc3ccccc3C)cc2C1. The summed E-state index contributed by atoms with van der Waals surface area (Å²) in [6, 6.07) is 13.1. The predicted octanol–water partition coefficient (Wildman–Crippen LogP) is 3.76. The van der Waals surface area contributed by atoms with E-state index >= 15 is 0 Å². The van der Waals surface area contributed by atoms with Crippen molar-refractivity contribution in [3.8, 4) is 0 Å². The molecule has 2 aromatic carbocycles. The molecule has 0 aliphatic carbocycles. The molecule has 1 aliphatic heterocycles. The molecule has 0 saturated carbocycles. The number of hydrogen-bond donors (Lipinski definition) is 2. The highest BCUT2D eigenvalue weighted by Crippen LogP contribution is 2.23. The van der Waals surface area contributed by atoms with Crippen LogP contribution in [0.1, 0.15) is 16.7 Å². The van der Waals surface area contributed by atoms with E-state index in [1.54, 1.807) is 4.90 Å². The summed E-state index contributed by atoms with van der Waals surface area (Å²) in [6.45, 7) is 3.06. The number of fused-ring (bicyclic) bond motifs is 1. The van der Waals surface area contributed by atoms with Gasteiger partial charge in [-0.3, -0.25) is 0 Å². The van der Waals surface area contributed by atoms with Crippen LogP contribution in [-0.4, -0.2) is 30.7 Å². The second-order valence-electron chi connectivity index (χ2n) is 6.02. The molecule has 1 heterocycles. The summed E-state index contributed by atoms with van der Waals surface area (Å²) >= 11 is 0. The first-order valence-electron chi connectivity index (χ1n) is 8.15. The summed E-state index contributed by atoms with van der Waals surface area (Å²) in [5.74, 6) is 0. The van der Waals surface area contributed by atoms with E-state index in [9.17, 15) is 9.59 Å². The summed E-state index contributed by atoms with van der Waals surface area (Å²) in [7, 11) is 1.38. The lowest BCUT2D eigenvalue weighted by Crippen LogP contribution is -2.35. The number of amides is 3. The molecule has 1 aliphatic rings. The van der Waals surface area contributed by atoms with E-state index in [1.165, 1.54) is 12.7 Å². The minimum absolute atomic E-state index is 0.296. The van der Waals surface area contributed by atoms with Gasteiger partial charge in [0.15, 0.2) is 0 Å². The zero-order valence-corrected chi connectivity index (χ0v) is 14.3. The minimum Gasteiger partial charge on any atom is -0.453 e. The van der Waals surface area contributed by atoms with Crippen LogP contribution >= 0.6 is 0 Å². The Morgan fingerprint density at radius 3 is 2.64 bits per heavy atom. The molecule has 0 bridgehead atoms.